The fourth-order valence-electron chi connectivity index (χ4n) is 2.60. The number of hydrogen-bond donors (Lipinski definition) is 2. The SMILES string of the molecule is COc1ccc(N2C(C)CNCC2CO)c(OC)c1. The van der Waals surface area contributed by atoms with Crippen LogP contribution in [0.15, 0.2) is 18.2 Å². The van der Waals surface area contributed by atoms with Crippen molar-refractivity contribution in [2.45, 2.75) is 19.0 Å². The number of rotatable bonds is 4. The van der Waals surface area contributed by atoms with Gasteiger partial charge in [-0.25, -0.2) is 0 Å². The molecule has 0 radical (unpaired) electrons. The molecular weight excluding hydrogens is 244 g/mol. The fourth-order valence-corrected chi connectivity index (χ4v) is 2.60. The van der Waals surface area contributed by atoms with Crippen molar-refractivity contribution in [2.75, 3.05) is 38.8 Å². The first-order valence-corrected chi connectivity index (χ1v) is 6.53. The van der Waals surface area contributed by atoms with Crippen LogP contribution in [0.5, 0.6) is 11.5 Å². The summed E-state index contributed by atoms with van der Waals surface area (Å²) in [7, 11) is 3.29. The van der Waals surface area contributed by atoms with E-state index in [0.29, 0.717) is 6.04 Å². The highest BCUT2D eigenvalue weighted by Gasteiger charge is 2.29. The average Bonchev–Trinajstić information content (AvgIpc) is 2.46. The van der Waals surface area contributed by atoms with Gasteiger partial charge in [-0.15, -0.1) is 0 Å². The van der Waals surface area contributed by atoms with Gasteiger partial charge in [0.05, 0.1) is 32.6 Å². The second-order valence-corrected chi connectivity index (χ2v) is 4.79. The molecule has 2 atom stereocenters. The van der Waals surface area contributed by atoms with Crippen molar-refractivity contribution in [3.8, 4) is 11.5 Å². The Balaban J connectivity index is 2.37. The van der Waals surface area contributed by atoms with Crippen LogP contribution in [0.4, 0.5) is 5.69 Å². The van der Waals surface area contributed by atoms with Crippen molar-refractivity contribution in [1.29, 1.82) is 0 Å². The quantitative estimate of drug-likeness (QED) is 0.846. The number of aliphatic hydroxyl groups is 1. The highest BCUT2D eigenvalue weighted by molar-refractivity contribution is 5.62. The minimum absolute atomic E-state index is 0.0612. The molecule has 1 aliphatic heterocycles. The molecule has 0 bridgehead atoms. The van der Waals surface area contributed by atoms with E-state index in [1.54, 1.807) is 14.2 Å². The normalized spacial score (nSPS) is 23.3. The maximum Gasteiger partial charge on any atom is 0.145 e. The Morgan fingerprint density at radius 2 is 2.11 bits per heavy atom. The molecule has 2 unspecified atom stereocenters. The van der Waals surface area contributed by atoms with Gasteiger partial charge in [-0.1, -0.05) is 0 Å². The van der Waals surface area contributed by atoms with Crippen LogP contribution in [0.25, 0.3) is 0 Å². The van der Waals surface area contributed by atoms with Gasteiger partial charge in [0.15, 0.2) is 0 Å². The zero-order chi connectivity index (χ0) is 13.8. The number of ether oxygens (including phenoxy) is 2. The van der Waals surface area contributed by atoms with Gasteiger partial charge < -0.3 is 24.8 Å². The Bertz CT molecular complexity index is 425. The molecule has 2 rings (SSSR count). The van der Waals surface area contributed by atoms with Crippen molar-refractivity contribution < 1.29 is 14.6 Å². The third kappa shape index (κ3) is 2.77. The molecule has 1 saturated heterocycles. The van der Waals surface area contributed by atoms with E-state index in [4.69, 9.17) is 9.47 Å². The Kier molecular flexibility index (Phi) is 4.50. The lowest BCUT2D eigenvalue weighted by Gasteiger charge is -2.42. The predicted molar refractivity (Wildman–Crippen MR) is 75.2 cm³/mol. The zero-order valence-corrected chi connectivity index (χ0v) is 11.7. The van der Waals surface area contributed by atoms with E-state index in [1.165, 1.54) is 0 Å². The van der Waals surface area contributed by atoms with Crippen LogP contribution in [-0.2, 0) is 0 Å². The standard InChI is InChI=1S/C14H22N2O3/c1-10-7-15-8-11(9-17)16(10)13-5-4-12(18-2)6-14(13)19-3/h4-6,10-11,15,17H,7-9H2,1-3H3. The number of nitrogens with one attached hydrogen (secondary N) is 1. The van der Waals surface area contributed by atoms with Crippen molar-refractivity contribution >= 4 is 5.69 Å². The van der Waals surface area contributed by atoms with Crippen LogP contribution in [-0.4, -0.2) is 51.1 Å². The number of piperazine rings is 1. The molecule has 5 nitrogen and oxygen atoms in total. The second kappa shape index (κ2) is 6.12. The Morgan fingerprint density at radius 1 is 1.32 bits per heavy atom. The molecular formula is C14H22N2O3. The molecule has 106 valence electrons. The van der Waals surface area contributed by atoms with E-state index in [9.17, 15) is 5.11 Å². The number of hydrogen-bond acceptors (Lipinski definition) is 5. The summed E-state index contributed by atoms with van der Waals surface area (Å²) in [6.07, 6.45) is 0. The molecule has 0 aromatic heterocycles. The molecule has 1 aromatic carbocycles. The third-order valence-corrected chi connectivity index (χ3v) is 3.56. The first-order valence-electron chi connectivity index (χ1n) is 6.53. The van der Waals surface area contributed by atoms with Gasteiger partial charge in [-0.3, -0.25) is 0 Å². The van der Waals surface area contributed by atoms with Crippen molar-refractivity contribution in [3.63, 3.8) is 0 Å². The number of anilines is 1. The van der Waals surface area contributed by atoms with Gasteiger partial charge in [-0.2, -0.15) is 0 Å². The van der Waals surface area contributed by atoms with Gasteiger partial charge >= 0.3 is 0 Å². The first kappa shape index (κ1) is 14.0. The Hall–Kier alpha value is -1.46. The largest absolute Gasteiger partial charge is 0.497 e. The monoisotopic (exact) mass is 266 g/mol. The second-order valence-electron chi connectivity index (χ2n) is 4.79. The summed E-state index contributed by atoms with van der Waals surface area (Å²) < 4.78 is 10.7. The van der Waals surface area contributed by atoms with E-state index in [1.807, 2.05) is 18.2 Å². The minimum Gasteiger partial charge on any atom is -0.497 e. The third-order valence-electron chi connectivity index (χ3n) is 3.56. The number of aliphatic hydroxyl groups excluding tert-OH is 1. The number of benzene rings is 1. The van der Waals surface area contributed by atoms with Crippen molar-refractivity contribution in [2.24, 2.45) is 0 Å². The van der Waals surface area contributed by atoms with Gasteiger partial charge in [0.25, 0.3) is 0 Å². The minimum atomic E-state index is 0.0612. The maximum absolute atomic E-state index is 9.56. The summed E-state index contributed by atoms with van der Waals surface area (Å²) in [4.78, 5) is 2.22. The van der Waals surface area contributed by atoms with Crippen LogP contribution < -0.4 is 19.7 Å². The van der Waals surface area contributed by atoms with Crippen LogP contribution in [0, 0.1) is 0 Å². The molecule has 1 fully saturated rings. The van der Waals surface area contributed by atoms with E-state index < -0.39 is 0 Å². The summed E-state index contributed by atoms with van der Waals surface area (Å²) in [6.45, 7) is 3.92. The Labute approximate surface area is 114 Å². The van der Waals surface area contributed by atoms with Crippen molar-refractivity contribution in [1.82, 2.24) is 5.32 Å². The van der Waals surface area contributed by atoms with Gasteiger partial charge in [0.2, 0.25) is 0 Å². The zero-order valence-electron chi connectivity index (χ0n) is 11.7. The van der Waals surface area contributed by atoms with Crippen LogP contribution in [0.1, 0.15) is 6.92 Å². The molecule has 1 aromatic rings. The predicted octanol–water partition coefficient (Wildman–Crippen LogP) is 0.863. The molecule has 0 spiro atoms. The smallest absolute Gasteiger partial charge is 0.145 e. The molecule has 5 heteroatoms. The highest BCUT2D eigenvalue weighted by Crippen LogP contribution is 2.35. The Morgan fingerprint density at radius 3 is 2.74 bits per heavy atom. The average molecular weight is 266 g/mol. The lowest BCUT2D eigenvalue weighted by Crippen LogP contribution is -2.58. The lowest BCUT2D eigenvalue weighted by atomic mass is 10.1. The summed E-state index contributed by atoms with van der Waals surface area (Å²) in [5.74, 6) is 1.54. The number of methoxy groups -OCH3 is 2. The number of nitrogens with zero attached hydrogens (tertiary/aromatic N) is 1. The molecule has 0 saturated carbocycles. The fraction of sp³-hybridized carbons (Fsp3) is 0.571. The highest BCUT2D eigenvalue weighted by atomic mass is 16.5. The van der Waals surface area contributed by atoms with Crippen LogP contribution in [0.3, 0.4) is 0 Å². The summed E-state index contributed by atoms with van der Waals surface area (Å²) >= 11 is 0. The molecule has 1 heterocycles. The van der Waals surface area contributed by atoms with Gasteiger partial charge in [0, 0.05) is 25.2 Å². The lowest BCUT2D eigenvalue weighted by molar-refractivity contribution is 0.234. The maximum atomic E-state index is 9.56. The summed E-state index contributed by atoms with van der Waals surface area (Å²) in [5.41, 5.74) is 0.997. The molecule has 1 aliphatic rings. The van der Waals surface area contributed by atoms with Gasteiger partial charge in [0.1, 0.15) is 11.5 Å². The van der Waals surface area contributed by atoms with Crippen LogP contribution in [0.2, 0.25) is 0 Å². The van der Waals surface area contributed by atoms with E-state index in [-0.39, 0.29) is 12.6 Å². The van der Waals surface area contributed by atoms with E-state index in [0.717, 1.165) is 30.3 Å². The first-order chi connectivity index (χ1) is 9.21. The molecule has 0 aliphatic carbocycles. The van der Waals surface area contributed by atoms with Crippen LogP contribution >= 0.6 is 0 Å². The summed E-state index contributed by atoms with van der Waals surface area (Å²) in [5, 5.41) is 12.9. The summed E-state index contributed by atoms with van der Waals surface area (Å²) in [6, 6.07) is 6.14. The van der Waals surface area contributed by atoms with Crippen molar-refractivity contribution in [3.05, 3.63) is 18.2 Å². The van der Waals surface area contributed by atoms with E-state index in [2.05, 4.69) is 17.1 Å². The topological polar surface area (TPSA) is 54.0 Å². The van der Waals surface area contributed by atoms with Gasteiger partial charge in [-0.05, 0) is 19.1 Å². The molecule has 2 N–H and O–H groups in total. The van der Waals surface area contributed by atoms with E-state index >= 15 is 0 Å². The molecule has 19 heavy (non-hydrogen) atoms. The molecule has 0 amide bonds.